The Kier molecular flexibility index (Phi) is 16.5. The number of methoxy groups -OCH3 is 2. The Morgan fingerprint density at radius 2 is 1.37 bits per heavy atom. The fraction of sp³-hybridized carbons (Fsp3) is 0.273. The Hall–Kier alpha value is -5.14. The van der Waals surface area contributed by atoms with Gasteiger partial charge in [0.05, 0.1) is 32.6 Å². The number of aromatic nitrogens is 2. The van der Waals surface area contributed by atoms with E-state index in [1.165, 1.54) is 44.8 Å². The highest BCUT2D eigenvalue weighted by molar-refractivity contribution is 5.97. The zero-order chi connectivity index (χ0) is 28.9. The van der Waals surface area contributed by atoms with Crippen LogP contribution in [0.2, 0.25) is 0 Å². The maximum Gasteiger partial charge on any atom is 0.306 e. The molecule has 0 saturated heterocycles. The van der Waals surface area contributed by atoms with Crippen LogP contribution < -0.4 is 22.3 Å². The third-order valence-electron chi connectivity index (χ3n) is 4.16. The first-order valence-electron chi connectivity index (χ1n) is 10.5. The first kappa shape index (κ1) is 32.9. The number of carbonyl (C=O) groups is 4. The quantitative estimate of drug-likeness (QED) is 0.0832. The van der Waals surface area contributed by atoms with Crippen molar-refractivity contribution in [2.45, 2.75) is 25.7 Å². The molecule has 0 unspecified atom stereocenters. The molecular formula is C22H28N8O8. The van der Waals surface area contributed by atoms with Crippen LogP contribution in [-0.2, 0) is 28.7 Å². The number of rotatable bonds is 9. The summed E-state index contributed by atoms with van der Waals surface area (Å²) < 4.78 is 8.83. The average molecular weight is 533 g/mol. The van der Waals surface area contributed by atoms with Crippen LogP contribution in [0.25, 0.3) is 0 Å². The molecule has 0 aliphatic carbocycles. The largest absolute Gasteiger partial charge is 0.469 e. The van der Waals surface area contributed by atoms with Crippen LogP contribution in [0, 0.1) is 11.3 Å². The molecule has 2 rings (SSSR count). The second-order valence-electron chi connectivity index (χ2n) is 6.71. The standard InChI is InChI=1S/C11H14N4O4.C11H11N3O3.H3NO/c1-19-10(17)5-4-9(16)14-8-3-2-7(6-13-8)11(12)15-18;1-17-11(16)5-4-10(15)14-9-3-2-8(6-12)7-13-9;1-2/h2-3,6,18H,4-5H2,1H3,(H2,12,15)(H,13,14,16);2-3,7H,4-5H2,1H3,(H,13,14,15);2H,1H2. The van der Waals surface area contributed by atoms with Gasteiger partial charge in [0, 0.05) is 30.8 Å². The summed E-state index contributed by atoms with van der Waals surface area (Å²) in [5.74, 6) is 2.51. The number of nitrogens with two attached hydrogens (primary N) is 2. The van der Waals surface area contributed by atoms with E-state index in [1.54, 1.807) is 6.07 Å². The van der Waals surface area contributed by atoms with Crippen LogP contribution in [0.3, 0.4) is 0 Å². The minimum Gasteiger partial charge on any atom is -0.469 e. The van der Waals surface area contributed by atoms with Crippen molar-refractivity contribution in [2.75, 3.05) is 24.9 Å². The van der Waals surface area contributed by atoms with Gasteiger partial charge in [-0.15, -0.1) is 0 Å². The number of pyridine rings is 2. The van der Waals surface area contributed by atoms with Crippen molar-refractivity contribution in [3.8, 4) is 6.07 Å². The number of esters is 2. The van der Waals surface area contributed by atoms with Gasteiger partial charge in [0.15, 0.2) is 5.84 Å². The van der Waals surface area contributed by atoms with Gasteiger partial charge in [-0.2, -0.15) is 5.26 Å². The third-order valence-corrected chi connectivity index (χ3v) is 4.16. The molecule has 0 fully saturated rings. The predicted octanol–water partition coefficient (Wildman–Crippen LogP) is 0.247. The third kappa shape index (κ3) is 13.7. The molecule has 38 heavy (non-hydrogen) atoms. The molecule has 2 amide bonds. The second kappa shape index (κ2) is 19.1. The highest BCUT2D eigenvalue weighted by Crippen LogP contribution is 2.07. The Balaban J connectivity index is 0.000000680. The Bertz CT molecular complexity index is 1120. The van der Waals surface area contributed by atoms with Gasteiger partial charge in [-0.25, -0.2) is 15.9 Å². The van der Waals surface area contributed by atoms with E-state index in [2.05, 4.69) is 41.1 Å². The zero-order valence-corrected chi connectivity index (χ0v) is 20.6. The number of hydrogen-bond donors (Lipinski definition) is 6. The zero-order valence-electron chi connectivity index (χ0n) is 20.6. The molecule has 16 heteroatoms. The van der Waals surface area contributed by atoms with Crippen molar-refractivity contribution < 1.29 is 39.1 Å². The SMILES string of the molecule is COC(=O)CCC(=O)Nc1ccc(/C(N)=N/O)cn1.COC(=O)CCC(=O)Nc1ccc(C#N)cn1.NO. The number of nitrogens with one attached hydrogen (secondary N) is 2. The van der Waals surface area contributed by atoms with Gasteiger partial charge in [-0.1, -0.05) is 5.16 Å². The van der Waals surface area contributed by atoms with Gasteiger partial charge in [0.2, 0.25) is 11.8 Å². The topological polar surface area (TPSA) is 265 Å². The first-order valence-corrected chi connectivity index (χ1v) is 10.5. The van der Waals surface area contributed by atoms with E-state index < -0.39 is 11.9 Å². The molecule has 0 aromatic carbocycles. The molecule has 0 bridgehead atoms. The minimum absolute atomic E-state index is 0.00450. The molecular weight excluding hydrogens is 504 g/mol. The maximum absolute atomic E-state index is 11.5. The minimum atomic E-state index is -0.453. The number of ether oxygens (including phenoxy) is 2. The van der Waals surface area contributed by atoms with Crippen molar-refractivity contribution in [1.29, 1.82) is 5.26 Å². The molecule has 0 aliphatic heterocycles. The van der Waals surface area contributed by atoms with Crippen molar-refractivity contribution in [1.82, 2.24) is 9.97 Å². The van der Waals surface area contributed by atoms with Gasteiger partial charge in [-0.3, -0.25) is 19.2 Å². The number of nitriles is 1. The van der Waals surface area contributed by atoms with Crippen LogP contribution in [-0.4, -0.2) is 64.2 Å². The molecule has 0 radical (unpaired) electrons. The van der Waals surface area contributed by atoms with E-state index >= 15 is 0 Å². The number of anilines is 2. The van der Waals surface area contributed by atoms with E-state index in [-0.39, 0.29) is 43.3 Å². The fourth-order valence-corrected chi connectivity index (χ4v) is 2.26. The van der Waals surface area contributed by atoms with E-state index in [1.807, 2.05) is 6.07 Å². The molecule has 2 aromatic rings. The van der Waals surface area contributed by atoms with Crippen molar-refractivity contribution in [3.05, 3.63) is 47.8 Å². The van der Waals surface area contributed by atoms with Gasteiger partial charge in [-0.05, 0) is 24.3 Å². The summed E-state index contributed by atoms with van der Waals surface area (Å²) in [6, 6.07) is 8.03. The molecule has 204 valence electrons. The second-order valence-corrected chi connectivity index (χ2v) is 6.71. The van der Waals surface area contributed by atoms with Crippen LogP contribution in [0.4, 0.5) is 11.6 Å². The smallest absolute Gasteiger partial charge is 0.306 e. The molecule has 0 aliphatic rings. The number of amidine groups is 1. The molecule has 0 spiro atoms. The average Bonchev–Trinajstić information content (AvgIpc) is 2.96. The number of hydrogen-bond acceptors (Lipinski definition) is 13. The van der Waals surface area contributed by atoms with Crippen molar-refractivity contribution >= 4 is 41.2 Å². The van der Waals surface area contributed by atoms with Crippen LogP contribution >= 0.6 is 0 Å². The number of amides is 2. The summed E-state index contributed by atoms with van der Waals surface area (Å²) in [6.45, 7) is 0. The Labute approximate surface area is 217 Å². The van der Waals surface area contributed by atoms with E-state index in [4.69, 9.17) is 21.4 Å². The van der Waals surface area contributed by atoms with Crippen LogP contribution in [0.1, 0.15) is 36.8 Å². The summed E-state index contributed by atoms with van der Waals surface area (Å²) in [7, 11) is 2.52. The number of carbonyl (C=O) groups excluding carboxylic acids is 4. The molecule has 0 saturated carbocycles. The van der Waals surface area contributed by atoms with E-state index in [9.17, 15) is 19.2 Å². The summed E-state index contributed by atoms with van der Waals surface area (Å²) in [6.07, 6.45) is 2.79. The Morgan fingerprint density at radius 1 is 0.895 bits per heavy atom. The lowest BCUT2D eigenvalue weighted by atomic mass is 10.2. The summed E-state index contributed by atoms with van der Waals surface area (Å²) in [5.41, 5.74) is 6.20. The van der Waals surface area contributed by atoms with Gasteiger partial charge in [0.25, 0.3) is 0 Å². The van der Waals surface area contributed by atoms with E-state index in [0.29, 0.717) is 22.8 Å². The molecule has 16 nitrogen and oxygen atoms in total. The molecule has 2 aromatic heterocycles. The fourth-order valence-electron chi connectivity index (χ4n) is 2.26. The molecule has 8 N–H and O–H groups in total. The molecule has 2 heterocycles. The number of nitrogens with zero attached hydrogens (tertiary/aromatic N) is 4. The van der Waals surface area contributed by atoms with Crippen molar-refractivity contribution in [2.24, 2.45) is 16.8 Å². The van der Waals surface area contributed by atoms with Crippen LogP contribution in [0.5, 0.6) is 0 Å². The van der Waals surface area contributed by atoms with E-state index in [0.717, 1.165) is 0 Å². The van der Waals surface area contributed by atoms with Gasteiger partial charge in [0.1, 0.15) is 17.7 Å². The Morgan fingerprint density at radius 3 is 1.71 bits per heavy atom. The predicted molar refractivity (Wildman–Crippen MR) is 131 cm³/mol. The summed E-state index contributed by atoms with van der Waals surface area (Å²) >= 11 is 0. The summed E-state index contributed by atoms with van der Waals surface area (Å²) in [5, 5.41) is 31.4. The lowest BCUT2D eigenvalue weighted by molar-refractivity contribution is -0.142. The number of oxime groups is 1. The normalized spacial score (nSPS) is 9.71. The monoisotopic (exact) mass is 532 g/mol. The lowest BCUT2D eigenvalue weighted by Gasteiger charge is -2.04. The van der Waals surface area contributed by atoms with Crippen molar-refractivity contribution in [3.63, 3.8) is 0 Å². The maximum atomic E-state index is 11.5. The summed E-state index contributed by atoms with van der Waals surface area (Å²) in [4.78, 5) is 52.3. The van der Waals surface area contributed by atoms with Crippen LogP contribution in [0.15, 0.2) is 41.8 Å². The highest BCUT2D eigenvalue weighted by Gasteiger charge is 2.09. The van der Waals surface area contributed by atoms with Gasteiger partial charge >= 0.3 is 11.9 Å². The first-order chi connectivity index (χ1) is 18.2. The molecule has 0 atom stereocenters. The highest BCUT2D eigenvalue weighted by atomic mass is 16.5. The lowest BCUT2D eigenvalue weighted by Crippen LogP contribution is -2.16. The van der Waals surface area contributed by atoms with Gasteiger partial charge < -0.3 is 36.3 Å².